The second-order valence-corrected chi connectivity index (χ2v) is 4.50. The number of carbonyl (C=O) groups is 1. The predicted molar refractivity (Wildman–Crippen MR) is 69.6 cm³/mol. The van der Waals surface area contributed by atoms with Crippen LogP contribution in [-0.4, -0.2) is 29.1 Å². The Bertz CT molecular complexity index is 401. The van der Waals surface area contributed by atoms with Crippen molar-refractivity contribution in [3.63, 3.8) is 0 Å². The molecule has 0 heterocycles. The second-order valence-electron chi connectivity index (χ2n) is 3.63. The highest BCUT2D eigenvalue weighted by atomic mass is 35.5. The van der Waals surface area contributed by atoms with Crippen LogP contribution in [0, 0.1) is 0 Å². The van der Waals surface area contributed by atoms with Gasteiger partial charge in [0.1, 0.15) is 0 Å². The van der Waals surface area contributed by atoms with Gasteiger partial charge in [0.05, 0.1) is 6.54 Å². The van der Waals surface area contributed by atoms with Crippen molar-refractivity contribution in [1.29, 1.82) is 0 Å². The number of aliphatic carboxylic acids is 1. The molecule has 0 saturated heterocycles. The Hall–Kier alpha value is -1.03. The SMILES string of the molecule is C=CCN(CC(=O)O)Cc1cc(Cl)cc(Cl)c1. The summed E-state index contributed by atoms with van der Waals surface area (Å²) in [7, 11) is 0. The van der Waals surface area contributed by atoms with Gasteiger partial charge in [-0.15, -0.1) is 6.58 Å². The van der Waals surface area contributed by atoms with Crippen LogP contribution in [-0.2, 0) is 11.3 Å². The molecule has 0 unspecified atom stereocenters. The maximum absolute atomic E-state index is 10.7. The van der Waals surface area contributed by atoms with E-state index in [4.69, 9.17) is 28.3 Å². The van der Waals surface area contributed by atoms with Crippen molar-refractivity contribution in [2.45, 2.75) is 6.54 Å². The average Bonchev–Trinajstić information content (AvgIpc) is 2.14. The maximum atomic E-state index is 10.7. The van der Waals surface area contributed by atoms with Gasteiger partial charge in [-0.3, -0.25) is 9.69 Å². The summed E-state index contributed by atoms with van der Waals surface area (Å²) in [5.74, 6) is -0.875. The van der Waals surface area contributed by atoms with Crippen LogP contribution in [0.3, 0.4) is 0 Å². The lowest BCUT2D eigenvalue weighted by atomic mass is 10.2. The molecule has 17 heavy (non-hydrogen) atoms. The first-order valence-electron chi connectivity index (χ1n) is 5.01. The molecule has 0 radical (unpaired) electrons. The molecule has 0 spiro atoms. The summed E-state index contributed by atoms with van der Waals surface area (Å²) < 4.78 is 0. The summed E-state index contributed by atoms with van der Waals surface area (Å²) in [6.45, 7) is 4.52. The molecule has 1 aromatic carbocycles. The number of hydrogen-bond acceptors (Lipinski definition) is 2. The topological polar surface area (TPSA) is 40.5 Å². The number of nitrogens with zero attached hydrogens (tertiary/aromatic N) is 1. The number of benzene rings is 1. The third-order valence-electron chi connectivity index (χ3n) is 2.07. The van der Waals surface area contributed by atoms with E-state index in [1.54, 1.807) is 29.2 Å². The van der Waals surface area contributed by atoms with Crippen molar-refractivity contribution >= 4 is 29.2 Å². The molecular weight excluding hydrogens is 261 g/mol. The monoisotopic (exact) mass is 273 g/mol. The number of halogens is 2. The maximum Gasteiger partial charge on any atom is 0.317 e. The molecular formula is C12H13Cl2NO2. The molecule has 0 aliphatic carbocycles. The Morgan fingerprint density at radius 1 is 1.35 bits per heavy atom. The van der Waals surface area contributed by atoms with Gasteiger partial charge in [0, 0.05) is 23.1 Å². The molecule has 1 rings (SSSR count). The Balaban J connectivity index is 2.77. The lowest BCUT2D eigenvalue weighted by molar-refractivity contribution is -0.138. The summed E-state index contributed by atoms with van der Waals surface area (Å²) in [6.07, 6.45) is 1.66. The Kier molecular flexibility index (Phi) is 5.48. The van der Waals surface area contributed by atoms with E-state index < -0.39 is 5.97 Å². The lowest BCUT2D eigenvalue weighted by Crippen LogP contribution is -2.29. The van der Waals surface area contributed by atoms with Crippen molar-refractivity contribution in [2.75, 3.05) is 13.1 Å². The molecule has 0 amide bonds. The van der Waals surface area contributed by atoms with E-state index in [9.17, 15) is 4.79 Å². The van der Waals surface area contributed by atoms with E-state index in [1.807, 2.05) is 0 Å². The Labute approximate surface area is 110 Å². The summed E-state index contributed by atoms with van der Waals surface area (Å²) >= 11 is 11.8. The van der Waals surface area contributed by atoms with Gasteiger partial charge in [0.25, 0.3) is 0 Å². The van der Waals surface area contributed by atoms with Gasteiger partial charge in [-0.2, -0.15) is 0 Å². The molecule has 0 saturated carbocycles. The fourth-order valence-corrected chi connectivity index (χ4v) is 2.09. The minimum absolute atomic E-state index is 0.0455. The van der Waals surface area contributed by atoms with Crippen LogP contribution in [0.15, 0.2) is 30.9 Å². The first-order valence-corrected chi connectivity index (χ1v) is 5.77. The fourth-order valence-electron chi connectivity index (χ4n) is 1.52. The van der Waals surface area contributed by atoms with E-state index in [1.165, 1.54) is 0 Å². The number of hydrogen-bond donors (Lipinski definition) is 1. The molecule has 0 aromatic heterocycles. The minimum Gasteiger partial charge on any atom is -0.480 e. The molecule has 5 heteroatoms. The molecule has 1 N–H and O–H groups in total. The number of carboxylic acids is 1. The summed E-state index contributed by atoms with van der Waals surface area (Å²) in [5, 5.41) is 9.86. The van der Waals surface area contributed by atoms with E-state index in [0.717, 1.165) is 5.56 Å². The molecule has 0 atom stereocenters. The van der Waals surface area contributed by atoms with Crippen LogP contribution in [0.25, 0.3) is 0 Å². The fraction of sp³-hybridized carbons (Fsp3) is 0.250. The molecule has 0 fully saturated rings. The van der Waals surface area contributed by atoms with Gasteiger partial charge in [-0.1, -0.05) is 29.3 Å². The number of rotatable bonds is 6. The van der Waals surface area contributed by atoms with Gasteiger partial charge < -0.3 is 5.11 Å². The summed E-state index contributed by atoms with van der Waals surface area (Å²) in [6, 6.07) is 5.18. The molecule has 0 aliphatic rings. The molecule has 3 nitrogen and oxygen atoms in total. The highest BCUT2D eigenvalue weighted by Gasteiger charge is 2.09. The summed E-state index contributed by atoms with van der Waals surface area (Å²) in [4.78, 5) is 12.4. The molecule has 92 valence electrons. The van der Waals surface area contributed by atoms with E-state index >= 15 is 0 Å². The summed E-state index contributed by atoms with van der Waals surface area (Å²) in [5.41, 5.74) is 0.880. The van der Waals surface area contributed by atoms with Gasteiger partial charge >= 0.3 is 5.97 Å². The van der Waals surface area contributed by atoms with Gasteiger partial charge in [0.15, 0.2) is 0 Å². The molecule has 0 aliphatic heterocycles. The number of carboxylic acid groups (broad SMARTS) is 1. The van der Waals surface area contributed by atoms with Gasteiger partial charge in [-0.05, 0) is 23.8 Å². The highest BCUT2D eigenvalue weighted by Crippen LogP contribution is 2.20. The van der Waals surface area contributed by atoms with Crippen LogP contribution in [0.5, 0.6) is 0 Å². The second kappa shape index (κ2) is 6.64. The minimum atomic E-state index is -0.875. The standard InChI is InChI=1S/C12H13Cl2NO2/c1-2-3-15(8-12(16)17)7-9-4-10(13)6-11(14)5-9/h2,4-6H,1,3,7-8H2,(H,16,17). The van der Waals surface area contributed by atoms with Gasteiger partial charge in [0.2, 0.25) is 0 Å². The van der Waals surface area contributed by atoms with E-state index in [2.05, 4.69) is 6.58 Å². The van der Waals surface area contributed by atoms with Crippen molar-refractivity contribution in [2.24, 2.45) is 0 Å². The third kappa shape index (κ3) is 5.22. The molecule has 0 bridgehead atoms. The average molecular weight is 274 g/mol. The van der Waals surface area contributed by atoms with Crippen molar-refractivity contribution in [3.8, 4) is 0 Å². The first-order chi connectivity index (χ1) is 8.01. The lowest BCUT2D eigenvalue weighted by Gasteiger charge is -2.18. The van der Waals surface area contributed by atoms with Crippen LogP contribution in [0.1, 0.15) is 5.56 Å². The van der Waals surface area contributed by atoms with Crippen LogP contribution in [0.4, 0.5) is 0 Å². The smallest absolute Gasteiger partial charge is 0.317 e. The normalized spacial score (nSPS) is 10.5. The predicted octanol–water partition coefficient (Wildman–Crippen LogP) is 3.07. The van der Waals surface area contributed by atoms with Crippen molar-refractivity contribution in [3.05, 3.63) is 46.5 Å². The van der Waals surface area contributed by atoms with Crippen LogP contribution >= 0.6 is 23.2 Å². The van der Waals surface area contributed by atoms with Crippen molar-refractivity contribution in [1.82, 2.24) is 4.90 Å². The third-order valence-corrected chi connectivity index (χ3v) is 2.51. The van der Waals surface area contributed by atoms with Gasteiger partial charge in [-0.25, -0.2) is 0 Å². The molecule has 1 aromatic rings. The van der Waals surface area contributed by atoms with Crippen LogP contribution in [0.2, 0.25) is 10.0 Å². The largest absolute Gasteiger partial charge is 0.480 e. The Morgan fingerprint density at radius 2 is 1.94 bits per heavy atom. The van der Waals surface area contributed by atoms with Crippen LogP contribution < -0.4 is 0 Å². The first kappa shape index (κ1) is 14.0. The quantitative estimate of drug-likeness (QED) is 0.810. The zero-order valence-corrected chi connectivity index (χ0v) is 10.7. The van der Waals surface area contributed by atoms with E-state index in [0.29, 0.717) is 23.1 Å². The highest BCUT2D eigenvalue weighted by molar-refractivity contribution is 6.34. The zero-order chi connectivity index (χ0) is 12.8. The zero-order valence-electron chi connectivity index (χ0n) is 9.20. The Morgan fingerprint density at radius 3 is 2.41 bits per heavy atom. The van der Waals surface area contributed by atoms with E-state index in [-0.39, 0.29) is 6.54 Å². The van der Waals surface area contributed by atoms with Crippen molar-refractivity contribution < 1.29 is 9.90 Å².